The Morgan fingerprint density at radius 3 is 2.73 bits per heavy atom. The number of aromatic nitrogens is 4. The molecule has 3 aliphatic heterocycles. The minimum Gasteiger partial charge on any atom is -0.493 e. The lowest BCUT2D eigenvalue weighted by Gasteiger charge is -2.41. The zero-order valence-corrected chi connectivity index (χ0v) is 24.5. The molecule has 2 aromatic heterocycles. The van der Waals surface area contributed by atoms with Gasteiger partial charge >= 0.3 is 0 Å². The number of aromatic hydroxyl groups is 1. The molecule has 41 heavy (non-hydrogen) atoms. The largest absolute Gasteiger partial charge is 0.493 e. The van der Waals surface area contributed by atoms with Crippen molar-refractivity contribution >= 4 is 35.0 Å². The summed E-state index contributed by atoms with van der Waals surface area (Å²) in [7, 11) is 0. The summed E-state index contributed by atoms with van der Waals surface area (Å²) in [6.45, 7) is 4.97. The van der Waals surface area contributed by atoms with E-state index in [9.17, 15) is 14.7 Å². The van der Waals surface area contributed by atoms with Gasteiger partial charge in [0.05, 0.1) is 30.1 Å². The number of ether oxygens (including phenoxy) is 1. The summed E-state index contributed by atoms with van der Waals surface area (Å²) in [4.78, 5) is 42.5. The third-order valence-corrected chi connectivity index (χ3v) is 10.2. The van der Waals surface area contributed by atoms with E-state index in [4.69, 9.17) is 22.1 Å². The molecule has 0 unspecified atom stereocenters. The summed E-state index contributed by atoms with van der Waals surface area (Å²) in [6.07, 6.45) is 7.72. The molecule has 2 fully saturated rings. The minimum absolute atomic E-state index is 0.0472. The Hall–Kier alpha value is -2.99. The summed E-state index contributed by atoms with van der Waals surface area (Å²) < 4.78 is 7.32. The van der Waals surface area contributed by atoms with E-state index < -0.39 is 17.2 Å². The number of anilines is 1. The van der Waals surface area contributed by atoms with E-state index in [2.05, 4.69) is 19.9 Å². The first-order chi connectivity index (χ1) is 19.8. The van der Waals surface area contributed by atoms with Crippen molar-refractivity contribution in [3.8, 4) is 5.88 Å². The van der Waals surface area contributed by atoms with Gasteiger partial charge in [0.1, 0.15) is 22.2 Å². The van der Waals surface area contributed by atoms with Gasteiger partial charge in [-0.3, -0.25) is 14.2 Å². The number of carbonyl (C=O) groups is 1. The van der Waals surface area contributed by atoms with E-state index in [-0.39, 0.29) is 29.5 Å². The molecular formula is C29H33ClN6O4S. The van der Waals surface area contributed by atoms with Crippen LogP contribution in [0.3, 0.4) is 0 Å². The predicted octanol–water partition coefficient (Wildman–Crippen LogP) is 3.64. The molecule has 216 valence electrons. The van der Waals surface area contributed by atoms with Crippen molar-refractivity contribution in [3.63, 3.8) is 0 Å². The lowest BCUT2D eigenvalue weighted by Crippen LogP contribution is -2.50. The van der Waals surface area contributed by atoms with Crippen LogP contribution < -0.4 is 16.2 Å². The second kappa shape index (κ2) is 11.4. The zero-order chi connectivity index (χ0) is 28.7. The van der Waals surface area contributed by atoms with Crippen molar-refractivity contribution < 1.29 is 14.6 Å². The van der Waals surface area contributed by atoms with Crippen molar-refractivity contribution in [3.05, 3.63) is 62.9 Å². The van der Waals surface area contributed by atoms with Crippen molar-refractivity contribution in [1.29, 1.82) is 0 Å². The fourth-order valence-electron chi connectivity index (χ4n) is 6.13. The smallest absolute Gasteiger partial charge is 0.268 e. The van der Waals surface area contributed by atoms with Crippen LogP contribution in [-0.2, 0) is 24.1 Å². The van der Waals surface area contributed by atoms with E-state index in [1.165, 1.54) is 16.3 Å². The summed E-state index contributed by atoms with van der Waals surface area (Å²) in [6, 6.07) is 5.46. The number of piperidine rings is 1. The van der Waals surface area contributed by atoms with Gasteiger partial charge in [-0.05, 0) is 44.2 Å². The van der Waals surface area contributed by atoms with Gasteiger partial charge in [-0.1, -0.05) is 35.5 Å². The monoisotopic (exact) mass is 596 g/mol. The normalized spacial score (nSPS) is 21.7. The maximum Gasteiger partial charge on any atom is 0.268 e. The molecule has 0 radical (unpaired) electrons. The van der Waals surface area contributed by atoms with Gasteiger partial charge < -0.3 is 20.5 Å². The Kier molecular flexibility index (Phi) is 7.80. The van der Waals surface area contributed by atoms with E-state index >= 15 is 0 Å². The first-order valence-corrected chi connectivity index (χ1v) is 15.2. The second-order valence-corrected chi connectivity index (χ2v) is 12.6. The Morgan fingerprint density at radius 1 is 1.22 bits per heavy atom. The Balaban J connectivity index is 1.13. The molecule has 12 heteroatoms. The van der Waals surface area contributed by atoms with Crippen LogP contribution in [0.2, 0.25) is 5.02 Å². The number of nitrogens with two attached hydrogens (primary N) is 1. The van der Waals surface area contributed by atoms with E-state index in [0.29, 0.717) is 39.3 Å². The topological polar surface area (TPSA) is 136 Å². The molecule has 10 nitrogen and oxygen atoms in total. The molecule has 5 heterocycles. The number of nitrogens with zero attached hydrogens (tertiary/aromatic N) is 5. The molecule has 1 aromatic carbocycles. The number of carbonyl (C=O) groups excluding carboxylic acids is 1. The van der Waals surface area contributed by atoms with Crippen molar-refractivity contribution in [2.45, 2.75) is 74.1 Å². The third-order valence-electron chi connectivity index (χ3n) is 8.69. The van der Waals surface area contributed by atoms with Crippen LogP contribution in [-0.4, -0.2) is 62.3 Å². The van der Waals surface area contributed by atoms with Crippen LogP contribution in [0, 0.1) is 5.41 Å². The number of rotatable bonds is 6. The van der Waals surface area contributed by atoms with Gasteiger partial charge in [0, 0.05) is 48.8 Å². The molecule has 0 amide bonds. The Morgan fingerprint density at radius 2 is 2.02 bits per heavy atom. The number of benzene rings is 1. The second-order valence-electron chi connectivity index (χ2n) is 11.2. The van der Waals surface area contributed by atoms with Gasteiger partial charge in [-0.15, -0.1) is 0 Å². The highest BCUT2D eigenvalue weighted by Crippen LogP contribution is 2.42. The molecule has 2 atom stereocenters. The number of halogens is 1. The first-order valence-electron chi connectivity index (χ1n) is 14.0. The summed E-state index contributed by atoms with van der Waals surface area (Å²) in [5.41, 5.74) is 6.27. The number of fused-ring (bicyclic) bond motifs is 1. The summed E-state index contributed by atoms with van der Waals surface area (Å²) in [5.74, 6) is 0.310. The summed E-state index contributed by atoms with van der Waals surface area (Å²) in [5, 5.41) is 11.5. The zero-order valence-electron chi connectivity index (χ0n) is 22.9. The highest BCUT2D eigenvalue weighted by molar-refractivity contribution is 7.99. The average molecular weight is 597 g/mol. The van der Waals surface area contributed by atoms with Crippen LogP contribution in [0.25, 0.3) is 0 Å². The third kappa shape index (κ3) is 5.36. The average Bonchev–Trinajstić information content (AvgIpc) is 3.24. The molecule has 3 aliphatic rings. The Bertz CT molecular complexity index is 1520. The molecule has 1 spiro atoms. The molecule has 0 bridgehead atoms. The van der Waals surface area contributed by atoms with Crippen molar-refractivity contribution in [2.24, 2.45) is 11.1 Å². The van der Waals surface area contributed by atoms with Crippen molar-refractivity contribution in [1.82, 2.24) is 19.5 Å². The molecule has 2 saturated heterocycles. The summed E-state index contributed by atoms with van der Waals surface area (Å²) >= 11 is 8.06. The molecular weight excluding hydrogens is 564 g/mol. The van der Waals surface area contributed by atoms with Crippen molar-refractivity contribution in [2.75, 3.05) is 24.6 Å². The molecule has 0 aliphatic carbocycles. The number of aryl methyl sites for hydroxylation is 1. The molecule has 6 rings (SSSR count). The van der Waals surface area contributed by atoms with Crippen LogP contribution in [0.5, 0.6) is 5.88 Å². The van der Waals surface area contributed by atoms with Gasteiger partial charge in [0.25, 0.3) is 5.56 Å². The first kappa shape index (κ1) is 28.1. The molecule has 3 N–H and O–H groups in total. The SMILES string of the molecule is C[C@@H]1OCC2(CCN(c3cnc(Sc4cccc(CC(=O)c5c(O)nc6n(c5=O)CCCC6)c4Cl)cn3)CC2)[C@@H]1N. The minimum atomic E-state index is -0.517. The van der Waals surface area contributed by atoms with Crippen LogP contribution in [0.4, 0.5) is 5.82 Å². The van der Waals surface area contributed by atoms with Gasteiger partial charge in [0.15, 0.2) is 5.78 Å². The fourth-order valence-corrected chi connectivity index (χ4v) is 7.24. The maximum atomic E-state index is 13.1. The predicted molar refractivity (Wildman–Crippen MR) is 156 cm³/mol. The number of hydrogen-bond acceptors (Lipinski definition) is 10. The standard InChI is InChI=1S/C29H33ClN6O4S/c1-17-26(31)29(16-40-17)8-11-35(12-9-29)22-14-33-23(15-32-22)41-20-6-4-5-18(25(20)30)13-19(37)24-27(38)34-21-7-2-3-10-36(21)28(24)39/h4-6,14-15,17,26,38H,2-3,7-13,16,31H2,1H3/t17-,26+/m0/s1. The number of ketones is 1. The molecule has 0 saturated carbocycles. The quantitative estimate of drug-likeness (QED) is 0.406. The highest BCUT2D eigenvalue weighted by Gasteiger charge is 2.47. The fraction of sp³-hybridized carbons (Fsp3) is 0.483. The highest BCUT2D eigenvalue weighted by atomic mass is 35.5. The Labute approximate surface area is 247 Å². The van der Waals surface area contributed by atoms with E-state index in [1.54, 1.807) is 24.5 Å². The van der Waals surface area contributed by atoms with Crippen LogP contribution in [0.1, 0.15) is 54.4 Å². The lowest BCUT2D eigenvalue weighted by atomic mass is 9.73. The number of hydrogen-bond donors (Lipinski definition) is 2. The van der Waals surface area contributed by atoms with E-state index in [0.717, 1.165) is 51.2 Å². The molecule has 3 aromatic rings. The van der Waals surface area contributed by atoms with E-state index in [1.807, 2.05) is 13.0 Å². The van der Waals surface area contributed by atoms with Gasteiger partial charge in [-0.2, -0.15) is 4.98 Å². The van der Waals surface area contributed by atoms with Crippen LogP contribution >= 0.6 is 23.4 Å². The maximum absolute atomic E-state index is 13.1. The van der Waals surface area contributed by atoms with Gasteiger partial charge in [0.2, 0.25) is 5.88 Å². The van der Waals surface area contributed by atoms with Gasteiger partial charge in [-0.25, -0.2) is 9.97 Å². The number of Topliss-reactive ketones (excluding diaryl/α,β-unsaturated/α-hetero) is 1. The van der Waals surface area contributed by atoms with Crippen LogP contribution in [0.15, 0.2) is 45.3 Å². The lowest BCUT2D eigenvalue weighted by molar-refractivity contribution is 0.0973.